The second-order valence-electron chi connectivity index (χ2n) is 6.16. The van der Waals surface area contributed by atoms with E-state index in [0.717, 1.165) is 24.8 Å². The number of likely N-dealkylation sites (tertiary alicyclic amines) is 1. The highest BCUT2D eigenvalue weighted by Gasteiger charge is 2.44. The highest BCUT2D eigenvalue weighted by atomic mass is 16.6. The molecule has 0 spiro atoms. The van der Waals surface area contributed by atoms with Gasteiger partial charge in [-0.05, 0) is 24.8 Å². The maximum absolute atomic E-state index is 12.4. The summed E-state index contributed by atoms with van der Waals surface area (Å²) in [7, 11) is 1.64. The predicted octanol–water partition coefficient (Wildman–Crippen LogP) is 2.18. The number of aliphatic hydroxyl groups is 1. The lowest BCUT2D eigenvalue weighted by atomic mass is 9.76. The summed E-state index contributed by atoms with van der Waals surface area (Å²) in [5, 5.41) is 10.1. The molecule has 0 aromatic heterocycles. The molecule has 22 heavy (non-hydrogen) atoms. The van der Waals surface area contributed by atoms with Crippen molar-refractivity contribution in [3.05, 3.63) is 35.9 Å². The van der Waals surface area contributed by atoms with Crippen molar-refractivity contribution in [3.63, 3.8) is 0 Å². The number of benzene rings is 1. The van der Waals surface area contributed by atoms with E-state index in [4.69, 9.17) is 9.47 Å². The minimum absolute atomic E-state index is 0.115. The van der Waals surface area contributed by atoms with Crippen molar-refractivity contribution in [1.82, 2.24) is 4.90 Å². The molecule has 120 valence electrons. The molecule has 2 fully saturated rings. The summed E-state index contributed by atoms with van der Waals surface area (Å²) in [4.78, 5) is 14.2. The lowest BCUT2D eigenvalue weighted by Crippen LogP contribution is -2.58. The van der Waals surface area contributed by atoms with E-state index in [0.29, 0.717) is 6.54 Å². The van der Waals surface area contributed by atoms with E-state index in [1.54, 1.807) is 12.0 Å². The second kappa shape index (κ2) is 6.67. The molecule has 1 N–H and O–H groups in total. The van der Waals surface area contributed by atoms with E-state index in [1.165, 1.54) is 0 Å². The first-order valence-electron chi connectivity index (χ1n) is 7.87. The van der Waals surface area contributed by atoms with Crippen LogP contribution in [0.15, 0.2) is 30.3 Å². The van der Waals surface area contributed by atoms with Gasteiger partial charge in [0.1, 0.15) is 6.61 Å². The topological polar surface area (TPSA) is 59.0 Å². The van der Waals surface area contributed by atoms with Gasteiger partial charge in [-0.25, -0.2) is 4.79 Å². The van der Waals surface area contributed by atoms with Crippen LogP contribution in [0.4, 0.5) is 4.79 Å². The molecule has 3 rings (SSSR count). The summed E-state index contributed by atoms with van der Waals surface area (Å²) < 4.78 is 10.9. The van der Waals surface area contributed by atoms with E-state index < -0.39 is 0 Å². The number of aliphatic hydroxyl groups excluding tert-OH is 1. The van der Waals surface area contributed by atoms with E-state index in [2.05, 4.69) is 0 Å². The normalized spacial score (nSPS) is 30.9. The average Bonchev–Trinajstić information content (AvgIpc) is 2.57. The standard InChI is InChI=1S/C17H23NO4/c1-21-16-10-18(13-7-8-15(19)14(16)9-13)17(20)22-11-12-5-3-2-4-6-12/h2-6,13-16,19H,7-11H2,1H3/t13-,14-,15-,16+/m1/s1. The van der Waals surface area contributed by atoms with Gasteiger partial charge in [0, 0.05) is 19.1 Å². The van der Waals surface area contributed by atoms with Gasteiger partial charge < -0.3 is 19.5 Å². The number of carbonyl (C=O) groups excluding carboxylic acids is 1. The number of methoxy groups -OCH3 is 1. The number of hydrogen-bond acceptors (Lipinski definition) is 4. The summed E-state index contributed by atoms with van der Waals surface area (Å²) in [6.07, 6.45) is 1.62. The van der Waals surface area contributed by atoms with Crippen molar-refractivity contribution in [2.45, 2.75) is 44.1 Å². The molecule has 1 saturated carbocycles. The molecule has 1 heterocycles. The molecular weight excluding hydrogens is 282 g/mol. The Morgan fingerprint density at radius 2 is 2.09 bits per heavy atom. The van der Waals surface area contributed by atoms with E-state index in [-0.39, 0.29) is 36.9 Å². The van der Waals surface area contributed by atoms with Crippen molar-refractivity contribution in [3.8, 4) is 0 Å². The van der Waals surface area contributed by atoms with Gasteiger partial charge in [-0.15, -0.1) is 0 Å². The van der Waals surface area contributed by atoms with Crippen molar-refractivity contribution in [2.75, 3.05) is 13.7 Å². The zero-order chi connectivity index (χ0) is 15.5. The maximum atomic E-state index is 12.4. The number of fused-ring (bicyclic) bond motifs is 2. The number of carbonyl (C=O) groups is 1. The Balaban J connectivity index is 1.62. The zero-order valence-corrected chi connectivity index (χ0v) is 12.9. The highest BCUT2D eigenvalue weighted by molar-refractivity contribution is 5.68. The van der Waals surface area contributed by atoms with E-state index in [1.807, 2.05) is 30.3 Å². The third kappa shape index (κ3) is 3.10. The third-order valence-corrected chi connectivity index (χ3v) is 4.87. The molecule has 1 aliphatic carbocycles. The molecule has 1 amide bonds. The van der Waals surface area contributed by atoms with Gasteiger partial charge in [-0.1, -0.05) is 30.3 Å². The van der Waals surface area contributed by atoms with Gasteiger partial charge in [0.15, 0.2) is 0 Å². The Labute approximate surface area is 130 Å². The molecule has 5 nitrogen and oxygen atoms in total. The van der Waals surface area contributed by atoms with Gasteiger partial charge in [0.25, 0.3) is 0 Å². The number of piperidine rings is 1. The van der Waals surface area contributed by atoms with Gasteiger partial charge >= 0.3 is 6.09 Å². The molecule has 5 heteroatoms. The van der Waals surface area contributed by atoms with Crippen LogP contribution in [-0.4, -0.2) is 48.0 Å². The van der Waals surface area contributed by atoms with Crippen LogP contribution in [0.3, 0.4) is 0 Å². The molecule has 1 aromatic carbocycles. The quantitative estimate of drug-likeness (QED) is 0.930. The van der Waals surface area contributed by atoms with Crippen molar-refractivity contribution in [1.29, 1.82) is 0 Å². The molecule has 2 aliphatic rings. The van der Waals surface area contributed by atoms with Gasteiger partial charge in [0.05, 0.1) is 18.8 Å². The fourth-order valence-electron chi connectivity index (χ4n) is 3.60. The Kier molecular flexibility index (Phi) is 4.64. The molecule has 4 atom stereocenters. The second-order valence-corrected chi connectivity index (χ2v) is 6.16. The maximum Gasteiger partial charge on any atom is 0.410 e. The zero-order valence-electron chi connectivity index (χ0n) is 12.9. The average molecular weight is 305 g/mol. The van der Waals surface area contributed by atoms with Gasteiger partial charge in [-0.3, -0.25) is 0 Å². The summed E-state index contributed by atoms with van der Waals surface area (Å²) in [5.74, 6) is 0.127. The Morgan fingerprint density at radius 1 is 1.32 bits per heavy atom. The number of hydrogen-bond donors (Lipinski definition) is 1. The summed E-state index contributed by atoms with van der Waals surface area (Å²) >= 11 is 0. The fourth-order valence-corrected chi connectivity index (χ4v) is 3.60. The van der Waals surface area contributed by atoms with Crippen LogP contribution < -0.4 is 0 Å². The minimum Gasteiger partial charge on any atom is -0.445 e. The monoisotopic (exact) mass is 305 g/mol. The van der Waals surface area contributed by atoms with Gasteiger partial charge in [-0.2, -0.15) is 0 Å². The van der Waals surface area contributed by atoms with Crippen molar-refractivity contribution < 1.29 is 19.4 Å². The lowest BCUT2D eigenvalue weighted by molar-refractivity contribution is -0.0988. The van der Waals surface area contributed by atoms with Crippen LogP contribution >= 0.6 is 0 Å². The first-order valence-corrected chi connectivity index (χ1v) is 7.87. The van der Waals surface area contributed by atoms with Crippen molar-refractivity contribution >= 4 is 6.09 Å². The highest BCUT2D eigenvalue weighted by Crippen LogP contribution is 2.36. The van der Waals surface area contributed by atoms with Crippen LogP contribution in [0.1, 0.15) is 24.8 Å². The number of ether oxygens (including phenoxy) is 2. The van der Waals surface area contributed by atoms with Gasteiger partial charge in [0.2, 0.25) is 0 Å². The fraction of sp³-hybridized carbons (Fsp3) is 0.588. The first kappa shape index (κ1) is 15.3. The number of rotatable bonds is 3. The van der Waals surface area contributed by atoms with Crippen LogP contribution in [0.2, 0.25) is 0 Å². The van der Waals surface area contributed by atoms with Crippen molar-refractivity contribution in [2.24, 2.45) is 5.92 Å². The predicted molar refractivity (Wildman–Crippen MR) is 81.3 cm³/mol. The molecular formula is C17H23NO4. The van der Waals surface area contributed by atoms with E-state index >= 15 is 0 Å². The molecule has 0 radical (unpaired) electrons. The lowest BCUT2D eigenvalue weighted by Gasteiger charge is -2.47. The Morgan fingerprint density at radius 3 is 2.82 bits per heavy atom. The smallest absolute Gasteiger partial charge is 0.410 e. The summed E-state index contributed by atoms with van der Waals surface area (Å²) in [5.41, 5.74) is 0.980. The first-order chi connectivity index (χ1) is 10.7. The Hall–Kier alpha value is -1.59. The molecule has 2 bridgehead atoms. The molecule has 1 aliphatic heterocycles. The summed E-state index contributed by atoms with van der Waals surface area (Å²) in [6.45, 7) is 0.781. The third-order valence-electron chi connectivity index (χ3n) is 4.87. The summed E-state index contributed by atoms with van der Waals surface area (Å²) in [6, 6.07) is 9.83. The van der Waals surface area contributed by atoms with Crippen LogP contribution in [-0.2, 0) is 16.1 Å². The molecule has 0 unspecified atom stereocenters. The largest absolute Gasteiger partial charge is 0.445 e. The van der Waals surface area contributed by atoms with Crippen LogP contribution in [0.25, 0.3) is 0 Å². The van der Waals surface area contributed by atoms with E-state index in [9.17, 15) is 9.90 Å². The van der Waals surface area contributed by atoms with Crippen LogP contribution in [0, 0.1) is 5.92 Å². The molecule has 1 aromatic rings. The number of amides is 1. The number of nitrogens with zero attached hydrogens (tertiary/aromatic N) is 1. The molecule has 1 saturated heterocycles. The Bertz CT molecular complexity index is 507. The minimum atomic E-state index is -0.316. The SMILES string of the molecule is CO[C@H]1CN(C(=O)OCc2ccccc2)[C@@H]2CC[C@@H](O)[C@H]1C2. The van der Waals surface area contributed by atoms with Crippen LogP contribution in [0.5, 0.6) is 0 Å².